The van der Waals surface area contributed by atoms with Gasteiger partial charge in [-0.1, -0.05) is 37.5 Å². The molecule has 1 aromatic heterocycles. The quantitative estimate of drug-likeness (QED) is 0.702. The Morgan fingerprint density at radius 1 is 1.30 bits per heavy atom. The van der Waals surface area contributed by atoms with Crippen LogP contribution in [0.3, 0.4) is 0 Å². The summed E-state index contributed by atoms with van der Waals surface area (Å²) < 4.78 is 3.18. The summed E-state index contributed by atoms with van der Waals surface area (Å²) in [6, 6.07) is 8.37. The maximum Gasteiger partial charge on any atom is 0.0986 e. The van der Waals surface area contributed by atoms with E-state index < -0.39 is 0 Å². The fourth-order valence-electron chi connectivity index (χ4n) is 3.39. The van der Waals surface area contributed by atoms with Crippen LogP contribution in [-0.4, -0.2) is 20.8 Å². The maximum atomic E-state index is 10.8. The van der Waals surface area contributed by atoms with Crippen molar-refractivity contribution in [2.45, 2.75) is 44.6 Å². The normalized spacial score (nSPS) is 18.1. The zero-order chi connectivity index (χ0) is 16.1. The number of hydrogen-bond acceptors (Lipinski definition) is 2. The molecule has 0 aliphatic heterocycles. The van der Waals surface area contributed by atoms with E-state index in [0.29, 0.717) is 12.3 Å². The van der Waals surface area contributed by atoms with Crippen LogP contribution in [0.4, 0.5) is 0 Å². The molecule has 1 fully saturated rings. The lowest BCUT2D eigenvalue weighted by Crippen LogP contribution is -2.23. The zero-order valence-electron chi connectivity index (χ0n) is 13.2. The molecule has 0 amide bonds. The molecule has 4 heteroatoms. The molecule has 2 aromatic rings. The summed E-state index contributed by atoms with van der Waals surface area (Å²) in [4.78, 5) is 4.11. The van der Waals surface area contributed by atoms with Gasteiger partial charge in [-0.3, -0.25) is 0 Å². The van der Waals surface area contributed by atoms with Crippen LogP contribution < -0.4 is 0 Å². The van der Waals surface area contributed by atoms with E-state index in [1.165, 1.54) is 34.0 Å². The molecule has 1 aliphatic carbocycles. The fourth-order valence-corrected chi connectivity index (χ4v) is 4.12. The Balaban J connectivity index is 1.85. The summed E-state index contributed by atoms with van der Waals surface area (Å²) in [5.74, 6) is 0.441. The summed E-state index contributed by atoms with van der Waals surface area (Å²) >= 11 is 2.37. The molecule has 1 aromatic carbocycles. The van der Waals surface area contributed by atoms with Gasteiger partial charge in [-0.2, -0.15) is 0 Å². The Kier molecular flexibility index (Phi) is 5.89. The van der Waals surface area contributed by atoms with Gasteiger partial charge in [0.2, 0.25) is 0 Å². The van der Waals surface area contributed by atoms with E-state index in [-0.39, 0.29) is 6.10 Å². The minimum Gasteiger partial charge on any atom is -0.392 e. The Hall–Kier alpha value is -1.14. The van der Waals surface area contributed by atoms with Crippen LogP contribution in [0.15, 0.2) is 43.0 Å². The highest BCUT2D eigenvalue weighted by molar-refractivity contribution is 14.1. The smallest absolute Gasteiger partial charge is 0.0986 e. The molecule has 3 nitrogen and oxygen atoms in total. The molecule has 1 aliphatic rings. The Bertz CT molecular complexity index is 645. The predicted octanol–water partition coefficient (Wildman–Crippen LogP) is 4.82. The number of imidazole rings is 1. The number of aromatic nitrogens is 2. The highest BCUT2D eigenvalue weighted by Crippen LogP contribution is 2.32. The van der Waals surface area contributed by atoms with Crippen molar-refractivity contribution in [3.05, 3.63) is 52.1 Å². The molecule has 3 rings (SSSR count). The van der Waals surface area contributed by atoms with Gasteiger partial charge in [-0.25, -0.2) is 4.98 Å². The van der Waals surface area contributed by atoms with Crippen molar-refractivity contribution in [1.29, 1.82) is 0 Å². The van der Waals surface area contributed by atoms with Gasteiger partial charge in [0.1, 0.15) is 0 Å². The number of hydrogen-bond donors (Lipinski definition) is 1. The van der Waals surface area contributed by atoms with Crippen LogP contribution in [0.1, 0.15) is 44.1 Å². The van der Waals surface area contributed by atoms with Crippen molar-refractivity contribution < 1.29 is 5.11 Å². The predicted molar refractivity (Wildman–Crippen MR) is 103 cm³/mol. The third-order valence-corrected chi connectivity index (χ3v) is 5.61. The van der Waals surface area contributed by atoms with E-state index in [0.717, 1.165) is 12.8 Å². The minimum absolute atomic E-state index is 0.263. The van der Waals surface area contributed by atoms with Gasteiger partial charge in [-0.15, -0.1) is 0 Å². The van der Waals surface area contributed by atoms with Crippen molar-refractivity contribution >= 4 is 34.4 Å². The molecular weight excluding hydrogens is 399 g/mol. The Morgan fingerprint density at radius 2 is 2.09 bits per heavy atom. The first-order valence-corrected chi connectivity index (χ1v) is 9.43. The number of rotatable bonds is 5. The van der Waals surface area contributed by atoms with E-state index in [1.54, 1.807) is 12.5 Å². The van der Waals surface area contributed by atoms with E-state index in [9.17, 15) is 5.11 Å². The standard InChI is InChI=1S/C19H23IN2O/c20-18-9-5-4-8-17(18)16(13-22-11-10-21-14-22)12-19(23)15-6-2-1-3-7-15/h4-5,8-11,13-15,19,23H,1-3,6-7,12H2/b16-13-. The lowest BCUT2D eigenvalue weighted by molar-refractivity contribution is 0.0893. The van der Waals surface area contributed by atoms with Crippen LogP contribution >= 0.6 is 22.6 Å². The summed E-state index contributed by atoms with van der Waals surface area (Å²) in [7, 11) is 0. The third-order valence-electron chi connectivity index (χ3n) is 4.67. The molecule has 1 saturated carbocycles. The summed E-state index contributed by atoms with van der Waals surface area (Å²) in [6.07, 6.45) is 14.2. The number of halogens is 1. The van der Waals surface area contributed by atoms with Gasteiger partial charge in [0.15, 0.2) is 0 Å². The van der Waals surface area contributed by atoms with Gasteiger partial charge in [0.05, 0.1) is 12.4 Å². The first-order chi connectivity index (χ1) is 11.2. The van der Waals surface area contributed by atoms with Crippen LogP contribution in [0.5, 0.6) is 0 Å². The van der Waals surface area contributed by atoms with Crippen LogP contribution in [0, 0.1) is 9.49 Å². The first kappa shape index (κ1) is 16.7. The summed E-state index contributed by atoms with van der Waals surface area (Å²) in [5, 5.41) is 10.8. The zero-order valence-corrected chi connectivity index (χ0v) is 15.4. The van der Waals surface area contributed by atoms with Gasteiger partial charge in [0, 0.05) is 28.6 Å². The minimum atomic E-state index is -0.263. The van der Waals surface area contributed by atoms with Gasteiger partial charge >= 0.3 is 0 Å². The molecule has 23 heavy (non-hydrogen) atoms. The highest BCUT2D eigenvalue weighted by Gasteiger charge is 2.23. The second kappa shape index (κ2) is 8.11. The maximum absolute atomic E-state index is 10.8. The highest BCUT2D eigenvalue weighted by atomic mass is 127. The summed E-state index contributed by atoms with van der Waals surface area (Å²) in [5.41, 5.74) is 2.38. The van der Waals surface area contributed by atoms with Crippen LogP contribution in [0.25, 0.3) is 11.8 Å². The molecule has 0 spiro atoms. The van der Waals surface area contributed by atoms with Gasteiger partial charge in [-0.05, 0) is 58.6 Å². The molecule has 0 bridgehead atoms. The number of benzene rings is 1. The van der Waals surface area contributed by atoms with Crippen LogP contribution in [-0.2, 0) is 0 Å². The monoisotopic (exact) mass is 422 g/mol. The number of aliphatic hydroxyl groups excluding tert-OH is 1. The number of aliphatic hydroxyl groups is 1. The summed E-state index contributed by atoms with van der Waals surface area (Å²) in [6.45, 7) is 0. The fraction of sp³-hybridized carbons (Fsp3) is 0.421. The second-order valence-corrected chi connectivity index (χ2v) is 7.48. The molecule has 1 N–H and O–H groups in total. The van der Waals surface area contributed by atoms with Crippen molar-refractivity contribution in [2.24, 2.45) is 5.92 Å². The van der Waals surface area contributed by atoms with Gasteiger partial charge in [0.25, 0.3) is 0 Å². The van der Waals surface area contributed by atoms with E-state index in [4.69, 9.17) is 0 Å². The molecule has 122 valence electrons. The molecule has 1 atom stereocenters. The lowest BCUT2D eigenvalue weighted by atomic mass is 9.82. The molecular formula is C19H23IN2O. The van der Waals surface area contributed by atoms with E-state index in [1.807, 2.05) is 10.8 Å². The molecule has 0 radical (unpaired) electrons. The Morgan fingerprint density at radius 3 is 2.78 bits per heavy atom. The average Bonchev–Trinajstić information content (AvgIpc) is 3.08. The van der Waals surface area contributed by atoms with Gasteiger partial charge < -0.3 is 9.67 Å². The van der Waals surface area contributed by atoms with E-state index >= 15 is 0 Å². The van der Waals surface area contributed by atoms with E-state index in [2.05, 4.69) is 58.0 Å². The average molecular weight is 422 g/mol. The van der Waals surface area contributed by atoms with Crippen molar-refractivity contribution in [3.8, 4) is 0 Å². The SMILES string of the molecule is OC(C/C(=C/n1ccnc1)c1ccccc1I)C1CCCCC1. The molecule has 1 unspecified atom stereocenters. The van der Waals surface area contributed by atoms with Crippen molar-refractivity contribution in [1.82, 2.24) is 9.55 Å². The third kappa shape index (κ3) is 4.44. The largest absolute Gasteiger partial charge is 0.392 e. The van der Waals surface area contributed by atoms with Crippen LogP contribution in [0.2, 0.25) is 0 Å². The Labute approximate surface area is 151 Å². The molecule has 1 heterocycles. The van der Waals surface area contributed by atoms with Crippen molar-refractivity contribution in [3.63, 3.8) is 0 Å². The first-order valence-electron chi connectivity index (χ1n) is 8.35. The molecule has 0 saturated heterocycles. The second-order valence-electron chi connectivity index (χ2n) is 6.31. The topological polar surface area (TPSA) is 38.0 Å². The lowest BCUT2D eigenvalue weighted by Gasteiger charge is -2.27. The van der Waals surface area contributed by atoms with Crippen molar-refractivity contribution in [2.75, 3.05) is 0 Å². The number of nitrogens with zero attached hydrogens (tertiary/aromatic N) is 2.